The Hall–Kier alpha value is -1.70. The number of rotatable bonds is 7. The van der Waals surface area contributed by atoms with Crippen molar-refractivity contribution in [1.29, 1.82) is 0 Å². The standard InChI is InChI=1S/C17H24N2O4S/c1-14(20)16-8-11-19(13-16)17(21)7-10-18-24(22,23)12-9-15-5-3-2-4-6-15/h2-6,9,12,14,16,18,20H,7-8,10-11,13H2,1H3/b12-9+. The molecule has 0 aromatic heterocycles. The van der Waals surface area contributed by atoms with Gasteiger partial charge in [0, 0.05) is 37.4 Å². The van der Waals surface area contributed by atoms with Crippen molar-refractivity contribution >= 4 is 22.0 Å². The molecular formula is C17H24N2O4S. The lowest BCUT2D eigenvalue weighted by Crippen LogP contribution is -2.33. The first kappa shape index (κ1) is 18.6. The predicted molar refractivity (Wildman–Crippen MR) is 93.4 cm³/mol. The Morgan fingerprint density at radius 3 is 2.75 bits per heavy atom. The molecule has 132 valence electrons. The molecule has 0 spiro atoms. The minimum absolute atomic E-state index is 0.0656. The number of amides is 1. The van der Waals surface area contributed by atoms with Gasteiger partial charge in [-0.25, -0.2) is 13.1 Å². The zero-order valence-corrected chi connectivity index (χ0v) is 14.6. The van der Waals surface area contributed by atoms with E-state index in [1.807, 2.05) is 30.3 Å². The molecule has 2 rings (SSSR count). The molecule has 1 aliphatic heterocycles. The van der Waals surface area contributed by atoms with Gasteiger partial charge < -0.3 is 10.0 Å². The molecule has 0 bridgehead atoms. The molecule has 0 saturated carbocycles. The van der Waals surface area contributed by atoms with Crippen LogP contribution < -0.4 is 4.72 Å². The van der Waals surface area contributed by atoms with E-state index in [0.717, 1.165) is 17.4 Å². The second-order valence-electron chi connectivity index (χ2n) is 6.03. The van der Waals surface area contributed by atoms with E-state index in [0.29, 0.717) is 13.1 Å². The Morgan fingerprint density at radius 2 is 2.12 bits per heavy atom. The Labute approximate surface area is 143 Å². The maximum atomic E-state index is 12.1. The van der Waals surface area contributed by atoms with Gasteiger partial charge in [-0.15, -0.1) is 0 Å². The molecule has 1 aliphatic rings. The molecule has 2 N–H and O–H groups in total. The molecule has 2 atom stereocenters. The third-order valence-corrected chi connectivity index (χ3v) is 5.24. The van der Waals surface area contributed by atoms with E-state index in [2.05, 4.69) is 4.72 Å². The highest BCUT2D eigenvalue weighted by Crippen LogP contribution is 2.20. The van der Waals surface area contributed by atoms with Crippen LogP contribution in [-0.2, 0) is 14.8 Å². The molecule has 6 nitrogen and oxygen atoms in total. The summed E-state index contributed by atoms with van der Waals surface area (Å²) in [6, 6.07) is 9.13. The van der Waals surface area contributed by atoms with Crippen molar-refractivity contribution in [3.8, 4) is 0 Å². The van der Waals surface area contributed by atoms with Gasteiger partial charge in [0.25, 0.3) is 0 Å². The number of sulfonamides is 1. The number of benzene rings is 1. The highest BCUT2D eigenvalue weighted by atomic mass is 32.2. The molecule has 24 heavy (non-hydrogen) atoms. The zero-order chi connectivity index (χ0) is 17.6. The number of hydrogen-bond acceptors (Lipinski definition) is 4. The van der Waals surface area contributed by atoms with Crippen molar-refractivity contribution in [1.82, 2.24) is 9.62 Å². The summed E-state index contributed by atoms with van der Waals surface area (Å²) in [6.07, 6.45) is 1.99. The average Bonchev–Trinajstić information content (AvgIpc) is 3.04. The molecule has 1 aromatic carbocycles. The van der Waals surface area contributed by atoms with E-state index in [-0.39, 0.29) is 24.8 Å². The molecule has 1 heterocycles. The summed E-state index contributed by atoms with van der Waals surface area (Å²) >= 11 is 0. The van der Waals surface area contributed by atoms with Gasteiger partial charge >= 0.3 is 0 Å². The number of likely N-dealkylation sites (tertiary alicyclic amines) is 1. The summed E-state index contributed by atoms with van der Waals surface area (Å²) in [5, 5.41) is 10.7. The Bertz CT molecular complexity index is 671. The summed E-state index contributed by atoms with van der Waals surface area (Å²) in [7, 11) is -3.56. The normalized spacial score (nSPS) is 19.8. The number of hydrogen-bond donors (Lipinski definition) is 2. The first-order valence-electron chi connectivity index (χ1n) is 8.06. The van der Waals surface area contributed by atoms with Crippen LogP contribution in [0.15, 0.2) is 35.7 Å². The number of nitrogens with zero attached hydrogens (tertiary/aromatic N) is 1. The van der Waals surface area contributed by atoms with Gasteiger partial charge in [-0.3, -0.25) is 4.79 Å². The van der Waals surface area contributed by atoms with E-state index in [1.54, 1.807) is 11.8 Å². The third-order valence-electron chi connectivity index (χ3n) is 4.14. The predicted octanol–water partition coefficient (Wildman–Crippen LogP) is 1.20. The van der Waals surface area contributed by atoms with Crippen LogP contribution in [0.4, 0.5) is 0 Å². The Kier molecular flexibility index (Phi) is 6.53. The van der Waals surface area contributed by atoms with Crippen molar-refractivity contribution < 1.29 is 18.3 Å². The van der Waals surface area contributed by atoms with E-state index in [1.165, 1.54) is 6.08 Å². The second kappa shape index (κ2) is 8.41. The van der Waals surface area contributed by atoms with Gasteiger partial charge in [-0.1, -0.05) is 30.3 Å². The summed E-state index contributed by atoms with van der Waals surface area (Å²) in [4.78, 5) is 13.8. The minimum atomic E-state index is -3.56. The van der Waals surface area contributed by atoms with Gasteiger partial charge in [0.1, 0.15) is 0 Å². The SMILES string of the molecule is CC(O)C1CCN(C(=O)CCNS(=O)(=O)/C=C/c2ccccc2)C1. The van der Waals surface area contributed by atoms with Gasteiger partial charge in [0.15, 0.2) is 0 Å². The largest absolute Gasteiger partial charge is 0.393 e. The average molecular weight is 352 g/mol. The van der Waals surface area contributed by atoms with Crippen LogP contribution in [0.1, 0.15) is 25.3 Å². The van der Waals surface area contributed by atoms with Crippen LogP contribution in [0.25, 0.3) is 6.08 Å². The van der Waals surface area contributed by atoms with Crippen molar-refractivity contribution in [2.75, 3.05) is 19.6 Å². The number of aliphatic hydroxyl groups excluding tert-OH is 1. The van der Waals surface area contributed by atoms with Gasteiger partial charge in [0.2, 0.25) is 15.9 Å². The smallest absolute Gasteiger partial charge is 0.233 e. The first-order chi connectivity index (χ1) is 11.4. The fourth-order valence-electron chi connectivity index (χ4n) is 2.65. The molecule has 1 fully saturated rings. The minimum Gasteiger partial charge on any atom is -0.393 e. The fourth-order valence-corrected chi connectivity index (χ4v) is 3.47. The number of nitrogens with one attached hydrogen (secondary N) is 1. The highest BCUT2D eigenvalue weighted by molar-refractivity contribution is 7.92. The van der Waals surface area contributed by atoms with Crippen molar-refractivity contribution in [3.05, 3.63) is 41.3 Å². The van der Waals surface area contributed by atoms with Crippen molar-refractivity contribution in [2.45, 2.75) is 25.9 Å². The monoisotopic (exact) mass is 352 g/mol. The lowest BCUT2D eigenvalue weighted by atomic mass is 10.0. The number of aliphatic hydroxyl groups is 1. The van der Waals surface area contributed by atoms with E-state index in [9.17, 15) is 18.3 Å². The molecule has 2 unspecified atom stereocenters. The van der Waals surface area contributed by atoms with Crippen LogP contribution in [-0.4, -0.2) is 50.1 Å². The molecule has 0 aliphatic carbocycles. The summed E-state index contributed by atoms with van der Waals surface area (Å²) in [5.41, 5.74) is 0.792. The first-order valence-corrected chi connectivity index (χ1v) is 9.60. The van der Waals surface area contributed by atoms with E-state index in [4.69, 9.17) is 0 Å². The van der Waals surface area contributed by atoms with Crippen molar-refractivity contribution in [2.24, 2.45) is 5.92 Å². The van der Waals surface area contributed by atoms with Crippen LogP contribution in [0.2, 0.25) is 0 Å². The van der Waals surface area contributed by atoms with Crippen LogP contribution >= 0.6 is 0 Å². The van der Waals surface area contributed by atoms with Gasteiger partial charge in [0.05, 0.1) is 6.10 Å². The maximum absolute atomic E-state index is 12.1. The highest BCUT2D eigenvalue weighted by Gasteiger charge is 2.28. The Morgan fingerprint density at radius 1 is 1.42 bits per heavy atom. The molecule has 0 radical (unpaired) electrons. The summed E-state index contributed by atoms with van der Waals surface area (Å²) in [5.74, 6) is 0.0207. The summed E-state index contributed by atoms with van der Waals surface area (Å²) < 4.78 is 26.2. The molecule has 1 aromatic rings. The van der Waals surface area contributed by atoms with Crippen LogP contribution in [0.5, 0.6) is 0 Å². The van der Waals surface area contributed by atoms with Gasteiger partial charge in [-0.2, -0.15) is 0 Å². The van der Waals surface area contributed by atoms with Crippen LogP contribution in [0.3, 0.4) is 0 Å². The third kappa shape index (κ3) is 5.74. The molecular weight excluding hydrogens is 328 g/mol. The van der Waals surface area contributed by atoms with Crippen LogP contribution in [0, 0.1) is 5.92 Å². The van der Waals surface area contributed by atoms with Crippen molar-refractivity contribution in [3.63, 3.8) is 0 Å². The molecule has 7 heteroatoms. The zero-order valence-electron chi connectivity index (χ0n) is 13.8. The number of carbonyl (C=O) groups is 1. The maximum Gasteiger partial charge on any atom is 0.233 e. The molecule has 1 amide bonds. The Balaban J connectivity index is 1.77. The fraction of sp³-hybridized carbons (Fsp3) is 0.471. The quantitative estimate of drug-likeness (QED) is 0.772. The lowest BCUT2D eigenvalue weighted by Gasteiger charge is -2.17. The second-order valence-corrected chi connectivity index (χ2v) is 7.68. The summed E-state index contributed by atoms with van der Waals surface area (Å²) in [6.45, 7) is 2.95. The topological polar surface area (TPSA) is 86.7 Å². The van der Waals surface area contributed by atoms with E-state index < -0.39 is 16.1 Å². The van der Waals surface area contributed by atoms with E-state index >= 15 is 0 Å². The lowest BCUT2D eigenvalue weighted by molar-refractivity contribution is -0.130. The molecule has 1 saturated heterocycles. The number of carbonyl (C=O) groups excluding carboxylic acids is 1. The van der Waals surface area contributed by atoms with Gasteiger partial charge in [-0.05, 0) is 25.0 Å².